The number of hydrogen-bond acceptors (Lipinski definition) is 6. The fraction of sp³-hybridized carbons (Fsp3) is 0.278. The number of aromatic nitrogens is 1. The lowest BCUT2D eigenvalue weighted by molar-refractivity contribution is -0.120. The molecule has 3 atom stereocenters. The van der Waals surface area contributed by atoms with Gasteiger partial charge in [0.05, 0.1) is 12.7 Å². The average molecular weight is 637 g/mol. The van der Waals surface area contributed by atoms with Crippen molar-refractivity contribution in [2.45, 2.75) is 36.9 Å². The van der Waals surface area contributed by atoms with Gasteiger partial charge < -0.3 is 26.2 Å². The average Bonchev–Trinajstić information content (AvgIpc) is 3.10. The summed E-state index contributed by atoms with van der Waals surface area (Å²) < 4.78 is 6.15. The maximum atomic E-state index is 14.1. The minimum atomic E-state index is -1.20. The maximum Gasteiger partial charge on any atom is 0.407 e. The number of primary amides is 1. The van der Waals surface area contributed by atoms with Crippen molar-refractivity contribution in [3.8, 4) is 0 Å². The first-order valence-corrected chi connectivity index (χ1v) is 15.6. The van der Waals surface area contributed by atoms with Crippen molar-refractivity contribution in [2.75, 3.05) is 37.0 Å². The number of hydrogen-bond donors (Lipinski definition) is 4. The molecule has 4 aromatic rings. The standard InChI is InChI=1S/C36H40N6O5/c1-41(36(45)46)33(32(26-13-4-2-5-14-26)27-15-6-3-7-16-27)34(43)40-30-17-9-8-12-25(30)19-20-29-22-39-28(24-47-29)23-42(35(37)44)31-18-10-11-21-38-31/h2-18,21,28-29,32-33,39H,19-20,22-24H2,1H3,(H2,37,44)(H,40,43)(H,45,46)/t28-,29-,33+/m1/s1. The molecule has 5 N–H and O–H groups in total. The molecule has 2 heterocycles. The SMILES string of the molecule is CN(C(=O)O)[C@H](C(=O)Nc1ccccc1CC[C@@H]1CN[C@H](CN(C(N)=O)c2ccccn2)CO1)C(c1ccccc1)c1ccccc1. The van der Waals surface area contributed by atoms with Crippen LogP contribution in [0.3, 0.4) is 0 Å². The first-order valence-electron chi connectivity index (χ1n) is 15.6. The van der Waals surface area contributed by atoms with Gasteiger partial charge in [0.25, 0.3) is 0 Å². The van der Waals surface area contributed by atoms with Crippen LogP contribution in [0.15, 0.2) is 109 Å². The molecule has 47 heavy (non-hydrogen) atoms. The summed E-state index contributed by atoms with van der Waals surface area (Å²) in [7, 11) is 1.43. The third-order valence-corrected chi connectivity index (χ3v) is 8.39. The summed E-state index contributed by atoms with van der Waals surface area (Å²) in [6.07, 6.45) is 1.63. The zero-order valence-electron chi connectivity index (χ0n) is 26.2. The van der Waals surface area contributed by atoms with Gasteiger partial charge in [-0.05, 0) is 47.7 Å². The number of para-hydroxylation sites is 1. The van der Waals surface area contributed by atoms with E-state index in [1.54, 1.807) is 24.4 Å². The summed E-state index contributed by atoms with van der Waals surface area (Å²) in [6, 6.07) is 30.1. The van der Waals surface area contributed by atoms with Crippen LogP contribution in [0, 0.1) is 0 Å². The number of nitrogens with two attached hydrogens (primary N) is 1. The molecule has 0 radical (unpaired) electrons. The van der Waals surface area contributed by atoms with E-state index in [0.29, 0.717) is 44.0 Å². The van der Waals surface area contributed by atoms with E-state index in [2.05, 4.69) is 15.6 Å². The van der Waals surface area contributed by atoms with Gasteiger partial charge in [0, 0.05) is 44.0 Å². The molecule has 1 fully saturated rings. The molecule has 0 aliphatic carbocycles. The van der Waals surface area contributed by atoms with Gasteiger partial charge in [-0.15, -0.1) is 0 Å². The van der Waals surface area contributed by atoms with Gasteiger partial charge in [-0.25, -0.2) is 14.6 Å². The summed E-state index contributed by atoms with van der Waals surface area (Å²) in [4.78, 5) is 45.2. The molecule has 0 bridgehead atoms. The number of rotatable bonds is 12. The highest BCUT2D eigenvalue weighted by molar-refractivity contribution is 5.98. The van der Waals surface area contributed by atoms with Crippen molar-refractivity contribution < 1.29 is 24.2 Å². The van der Waals surface area contributed by atoms with E-state index in [0.717, 1.165) is 21.6 Å². The van der Waals surface area contributed by atoms with Crippen molar-refractivity contribution in [3.05, 3.63) is 126 Å². The summed E-state index contributed by atoms with van der Waals surface area (Å²) in [6.45, 7) is 1.30. The third-order valence-electron chi connectivity index (χ3n) is 8.39. The molecule has 11 heteroatoms. The monoisotopic (exact) mass is 636 g/mol. The molecule has 3 aromatic carbocycles. The van der Waals surface area contributed by atoms with E-state index in [1.165, 1.54) is 11.9 Å². The van der Waals surface area contributed by atoms with Gasteiger partial charge in [0.15, 0.2) is 0 Å². The lowest BCUT2D eigenvalue weighted by atomic mass is 9.84. The molecule has 5 rings (SSSR count). The Morgan fingerprint density at radius 3 is 2.17 bits per heavy atom. The summed E-state index contributed by atoms with van der Waals surface area (Å²) in [5.74, 6) is -0.480. The number of aryl methyl sites for hydroxylation is 1. The van der Waals surface area contributed by atoms with Gasteiger partial charge in [0.2, 0.25) is 5.91 Å². The topological polar surface area (TPSA) is 150 Å². The predicted molar refractivity (Wildman–Crippen MR) is 180 cm³/mol. The van der Waals surface area contributed by atoms with Crippen molar-refractivity contribution in [1.82, 2.24) is 15.2 Å². The number of carboxylic acid groups (broad SMARTS) is 1. The number of pyridine rings is 1. The lowest BCUT2D eigenvalue weighted by Crippen LogP contribution is -2.53. The number of carbonyl (C=O) groups is 3. The van der Waals surface area contributed by atoms with Crippen LogP contribution in [0.1, 0.15) is 29.0 Å². The van der Waals surface area contributed by atoms with Crippen molar-refractivity contribution in [1.29, 1.82) is 0 Å². The second-order valence-electron chi connectivity index (χ2n) is 11.5. The smallest absolute Gasteiger partial charge is 0.407 e. The Bertz CT molecular complexity index is 1580. The van der Waals surface area contributed by atoms with Crippen LogP contribution in [-0.2, 0) is 16.0 Å². The number of morpholine rings is 1. The molecule has 1 aliphatic heterocycles. The second-order valence-corrected chi connectivity index (χ2v) is 11.5. The third kappa shape index (κ3) is 8.51. The fourth-order valence-corrected chi connectivity index (χ4v) is 5.93. The number of nitrogens with zero attached hydrogens (tertiary/aromatic N) is 3. The highest BCUT2D eigenvalue weighted by atomic mass is 16.5. The number of amides is 4. The summed E-state index contributed by atoms with van der Waals surface area (Å²) >= 11 is 0. The number of benzene rings is 3. The van der Waals surface area contributed by atoms with Crippen LogP contribution < -0.4 is 21.3 Å². The normalized spacial score (nSPS) is 16.6. The van der Waals surface area contributed by atoms with Crippen LogP contribution in [0.25, 0.3) is 0 Å². The number of carbonyl (C=O) groups excluding carboxylic acids is 2. The minimum Gasteiger partial charge on any atom is -0.465 e. The Balaban J connectivity index is 1.26. The zero-order chi connectivity index (χ0) is 33.2. The fourth-order valence-electron chi connectivity index (χ4n) is 5.93. The quantitative estimate of drug-likeness (QED) is 0.176. The Morgan fingerprint density at radius 2 is 1.60 bits per heavy atom. The summed E-state index contributed by atoms with van der Waals surface area (Å²) in [5.41, 5.74) is 8.81. The number of anilines is 2. The predicted octanol–water partition coefficient (Wildman–Crippen LogP) is 4.71. The number of likely N-dealkylation sites (N-methyl/N-ethyl adjacent to an activating group) is 1. The van der Waals surface area contributed by atoms with Gasteiger partial charge in [-0.2, -0.15) is 0 Å². The van der Waals surface area contributed by atoms with E-state index >= 15 is 0 Å². The number of urea groups is 1. The second kappa shape index (κ2) is 15.8. The van der Waals surface area contributed by atoms with E-state index in [-0.39, 0.29) is 12.1 Å². The highest BCUT2D eigenvalue weighted by Crippen LogP contribution is 2.32. The molecule has 1 aliphatic rings. The van der Waals surface area contributed by atoms with Gasteiger partial charge in [-0.3, -0.25) is 14.6 Å². The van der Waals surface area contributed by atoms with Crippen molar-refractivity contribution >= 4 is 29.5 Å². The Labute approximate surface area is 274 Å². The van der Waals surface area contributed by atoms with E-state index in [9.17, 15) is 19.5 Å². The Kier molecular flexibility index (Phi) is 11.2. The van der Waals surface area contributed by atoms with Crippen LogP contribution in [-0.4, -0.2) is 78.0 Å². The van der Waals surface area contributed by atoms with Gasteiger partial charge in [0.1, 0.15) is 11.9 Å². The van der Waals surface area contributed by atoms with E-state index in [4.69, 9.17) is 10.5 Å². The lowest BCUT2D eigenvalue weighted by Gasteiger charge is -2.33. The Hall–Kier alpha value is -5.26. The molecule has 11 nitrogen and oxygen atoms in total. The van der Waals surface area contributed by atoms with Crippen LogP contribution in [0.5, 0.6) is 0 Å². The van der Waals surface area contributed by atoms with Crippen LogP contribution >= 0.6 is 0 Å². The van der Waals surface area contributed by atoms with Crippen molar-refractivity contribution in [2.24, 2.45) is 5.73 Å². The highest BCUT2D eigenvalue weighted by Gasteiger charge is 2.37. The molecule has 0 unspecified atom stereocenters. The van der Waals surface area contributed by atoms with Gasteiger partial charge in [-0.1, -0.05) is 84.9 Å². The van der Waals surface area contributed by atoms with Crippen LogP contribution in [0.4, 0.5) is 21.1 Å². The van der Waals surface area contributed by atoms with E-state index < -0.39 is 30.0 Å². The summed E-state index contributed by atoms with van der Waals surface area (Å²) in [5, 5.41) is 16.6. The molecule has 244 valence electrons. The zero-order valence-corrected chi connectivity index (χ0v) is 26.2. The van der Waals surface area contributed by atoms with Crippen molar-refractivity contribution in [3.63, 3.8) is 0 Å². The first-order chi connectivity index (χ1) is 22.8. The molecule has 0 saturated carbocycles. The molecular formula is C36H40N6O5. The maximum absolute atomic E-state index is 14.1. The Morgan fingerprint density at radius 1 is 0.957 bits per heavy atom. The van der Waals surface area contributed by atoms with Crippen LogP contribution in [0.2, 0.25) is 0 Å². The van der Waals surface area contributed by atoms with E-state index in [1.807, 2.05) is 84.9 Å². The largest absolute Gasteiger partial charge is 0.465 e. The molecule has 0 spiro atoms. The first kappa shape index (κ1) is 33.1. The molecule has 4 amide bonds. The van der Waals surface area contributed by atoms with Gasteiger partial charge >= 0.3 is 12.1 Å². The molecule has 1 aromatic heterocycles. The number of ether oxygens (including phenoxy) is 1. The number of nitrogens with one attached hydrogen (secondary N) is 2. The molecular weight excluding hydrogens is 596 g/mol. The minimum absolute atomic E-state index is 0.0849. The molecule has 1 saturated heterocycles.